The number of nitrogens with two attached hydrogens (primary N) is 1. The third kappa shape index (κ3) is 2.47. The average molecular weight is 198 g/mol. The highest BCUT2D eigenvalue weighted by atomic mass is 16.5. The van der Waals surface area contributed by atoms with Gasteiger partial charge in [0.15, 0.2) is 0 Å². The van der Waals surface area contributed by atoms with Gasteiger partial charge in [0.05, 0.1) is 6.61 Å². The lowest BCUT2D eigenvalue weighted by molar-refractivity contribution is 0.173. The molecule has 2 N–H and O–H groups in total. The maximum Gasteiger partial charge on any atom is 0.0510 e. The lowest BCUT2D eigenvalue weighted by atomic mass is 9.99. The molecule has 0 aromatic heterocycles. The molecule has 2 heterocycles. The van der Waals surface area contributed by atoms with E-state index in [-0.39, 0.29) is 0 Å². The zero-order valence-electron chi connectivity index (χ0n) is 9.11. The van der Waals surface area contributed by atoms with Crippen molar-refractivity contribution in [1.82, 2.24) is 4.90 Å². The third-order valence-corrected chi connectivity index (χ3v) is 3.55. The minimum Gasteiger partial charge on any atom is -0.381 e. The van der Waals surface area contributed by atoms with Crippen LogP contribution in [-0.4, -0.2) is 43.8 Å². The van der Waals surface area contributed by atoms with Gasteiger partial charge in [-0.05, 0) is 25.3 Å². The van der Waals surface area contributed by atoms with E-state index in [1.54, 1.807) is 0 Å². The van der Waals surface area contributed by atoms with Gasteiger partial charge in [-0.1, -0.05) is 6.92 Å². The van der Waals surface area contributed by atoms with E-state index >= 15 is 0 Å². The van der Waals surface area contributed by atoms with Gasteiger partial charge in [-0.2, -0.15) is 0 Å². The molecule has 82 valence electrons. The summed E-state index contributed by atoms with van der Waals surface area (Å²) in [6, 6.07) is 0.322. The summed E-state index contributed by atoms with van der Waals surface area (Å²) in [6.45, 7) is 7.66. The van der Waals surface area contributed by atoms with Crippen LogP contribution in [0, 0.1) is 11.8 Å². The van der Waals surface area contributed by atoms with E-state index in [9.17, 15) is 0 Å². The Balaban J connectivity index is 1.73. The first-order chi connectivity index (χ1) is 6.75. The van der Waals surface area contributed by atoms with Crippen LogP contribution in [0.25, 0.3) is 0 Å². The van der Waals surface area contributed by atoms with Gasteiger partial charge >= 0.3 is 0 Å². The number of nitrogens with zero attached hydrogens (tertiary/aromatic N) is 1. The van der Waals surface area contributed by atoms with Gasteiger partial charge in [-0.25, -0.2) is 0 Å². The molecule has 0 radical (unpaired) electrons. The summed E-state index contributed by atoms with van der Waals surface area (Å²) in [7, 11) is 0. The Morgan fingerprint density at radius 1 is 1.50 bits per heavy atom. The Morgan fingerprint density at radius 2 is 2.36 bits per heavy atom. The number of hydrogen-bond donors (Lipinski definition) is 1. The molecule has 3 heteroatoms. The molecule has 2 saturated heterocycles. The Bertz CT molecular complexity index is 180. The maximum absolute atomic E-state index is 6.18. The number of hydrogen-bond acceptors (Lipinski definition) is 3. The second kappa shape index (κ2) is 4.60. The standard InChI is InChI=1S/C11H22N2O/c1-9-2-4-13(6-9)7-11(12)10-3-5-14-8-10/h9-11H,2-8,12H2,1H3. The summed E-state index contributed by atoms with van der Waals surface area (Å²) < 4.78 is 5.37. The van der Waals surface area contributed by atoms with Gasteiger partial charge in [0, 0.05) is 31.7 Å². The second-order valence-corrected chi connectivity index (χ2v) is 4.94. The van der Waals surface area contributed by atoms with Crippen molar-refractivity contribution in [2.45, 2.75) is 25.8 Å². The molecule has 14 heavy (non-hydrogen) atoms. The van der Waals surface area contributed by atoms with Crippen LogP contribution in [0.1, 0.15) is 19.8 Å². The maximum atomic E-state index is 6.18. The summed E-state index contributed by atoms with van der Waals surface area (Å²) in [5, 5.41) is 0. The molecule has 3 atom stereocenters. The van der Waals surface area contributed by atoms with Crippen LogP contribution < -0.4 is 5.73 Å². The average Bonchev–Trinajstić information content (AvgIpc) is 2.75. The van der Waals surface area contributed by atoms with Crippen LogP contribution in [0.15, 0.2) is 0 Å². The highest BCUT2D eigenvalue weighted by Crippen LogP contribution is 2.19. The molecular formula is C11H22N2O. The molecule has 2 aliphatic rings. The summed E-state index contributed by atoms with van der Waals surface area (Å²) in [5.41, 5.74) is 6.18. The first-order valence-corrected chi connectivity index (χ1v) is 5.81. The monoisotopic (exact) mass is 198 g/mol. The van der Waals surface area contributed by atoms with E-state index in [0.717, 1.165) is 32.1 Å². The normalized spacial score (nSPS) is 36.4. The van der Waals surface area contributed by atoms with Crippen LogP contribution in [0.2, 0.25) is 0 Å². The summed E-state index contributed by atoms with van der Waals surface area (Å²) in [6.07, 6.45) is 2.50. The zero-order valence-corrected chi connectivity index (χ0v) is 9.11. The van der Waals surface area contributed by atoms with E-state index in [1.165, 1.54) is 19.5 Å². The molecule has 2 fully saturated rings. The smallest absolute Gasteiger partial charge is 0.0510 e. The molecule has 0 spiro atoms. The molecule has 3 unspecified atom stereocenters. The van der Waals surface area contributed by atoms with Crippen molar-refractivity contribution in [2.75, 3.05) is 32.8 Å². The van der Waals surface area contributed by atoms with E-state index < -0.39 is 0 Å². The first-order valence-electron chi connectivity index (χ1n) is 5.81. The fourth-order valence-corrected chi connectivity index (χ4v) is 2.53. The summed E-state index contributed by atoms with van der Waals surface area (Å²) in [4.78, 5) is 2.51. The minimum atomic E-state index is 0.322. The van der Waals surface area contributed by atoms with Crippen molar-refractivity contribution >= 4 is 0 Å². The van der Waals surface area contributed by atoms with Crippen LogP contribution >= 0.6 is 0 Å². The Hall–Kier alpha value is -0.120. The van der Waals surface area contributed by atoms with Crippen LogP contribution in [0.3, 0.4) is 0 Å². The van der Waals surface area contributed by atoms with E-state index in [0.29, 0.717) is 12.0 Å². The lowest BCUT2D eigenvalue weighted by Crippen LogP contribution is -2.41. The van der Waals surface area contributed by atoms with Gasteiger partial charge in [0.1, 0.15) is 0 Å². The van der Waals surface area contributed by atoms with Crippen molar-refractivity contribution < 1.29 is 4.74 Å². The molecule has 0 aromatic carbocycles. The van der Waals surface area contributed by atoms with Crippen molar-refractivity contribution in [2.24, 2.45) is 17.6 Å². The lowest BCUT2D eigenvalue weighted by Gasteiger charge is -2.24. The molecule has 2 aliphatic heterocycles. The molecule has 2 rings (SSSR count). The molecule has 0 aliphatic carbocycles. The number of ether oxygens (including phenoxy) is 1. The fraction of sp³-hybridized carbons (Fsp3) is 1.00. The van der Waals surface area contributed by atoms with Crippen molar-refractivity contribution in [3.63, 3.8) is 0 Å². The predicted molar refractivity (Wildman–Crippen MR) is 57.1 cm³/mol. The van der Waals surface area contributed by atoms with Gasteiger partial charge in [0.25, 0.3) is 0 Å². The van der Waals surface area contributed by atoms with Gasteiger partial charge in [-0.3, -0.25) is 0 Å². The van der Waals surface area contributed by atoms with Crippen LogP contribution in [-0.2, 0) is 4.74 Å². The quantitative estimate of drug-likeness (QED) is 0.725. The van der Waals surface area contributed by atoms with E-state index in [2.05, 4.69) is 11.8 Å². The molecule has 3 nitrogen and oxygen atoms in total. The van der Waals surface area contributed by atoms with E-state index in [4.69, 9.17) is 10.5 Å². The Morgan fingerprint density at radius 3 is 2.93 bits per heavy atom. The second-order valence-electron chi connectivity index (χ2n) is 4.94. The van der Waals surface area contributed by atoms with Crippen LogP contribution in [0.4, 0.5) is 0 Å². The van der Waals surface area contributed by atoms with E-state index in [1.807, 2.05) is 0 Å². The molecule has 0 bridgehead atoms. The number of rotatable bonds is 3. The summed E-state index contributed by atoms with van der Waals surface area (Å²) in [5.74, 6) is 1.47. The Labute approximate surface area is 86.6 Å². The van der Waals surface area contributed by atoms with Crippen molar-refractivity contribution in [3.05, 3.63) is 0 Å². The highest BCUT2D eigenvalue weighted by molar-refractivity contribution is 4.82. The highest BCUT2D eigenvalue weighted by Gasteiger charge is 2.26. The van der Waals surface area contributed by atoms with Gasteiger partial charge in [-0.15, -0.1) is 0 Å². The van der Waals surface area contributed by atoms with Crippen molar-refractivity contribution in [3.8, 4) is 0 Å². The minimum absolute atomic E-state index is 0.322. The molecule has 0 saturated carbocycles. The Kier molecular flexibility index (Phi) is 3.42. The molecular weight excluding hydrogens is 176 g/mol. The summed E-state index contributed by atoms with van der Waals surface area (Å²) >= 11 is 0. The zero-order chi connectivity index (χ0) is 9.97. The predicted octanol–water partition coefficient (Wildman–Crippen LogP) is 0.692. The van der Waals surface area contributed by atoms with Crippen molar-refractivity contribution in [1.29, 1.82) is 0 Å². The SMILES string of the molecule is CC1CCN(CC(N)C2CCOC2)C1. The van der Waals surface area contributed by atoms with Gasteiger partial charge in [0.2, 0.25) is 0 Å². The number of likely N-dealkylation sites (tertiary alicyclic amines) is 1. The van der Waals surface area contributed by atoms with Gasteiger partial charge < -0.3 is 15.4 Å². The first kappa shape index (κ1) is 10.4. The molecule has 0 amide bonds. The third-order valence-electron chi connectivity index (χ3n) is 3.55. The van der Waals surface area contributed by atoms with Crippen LogP contribution in [0.5, 0.6) is 0 Å². The molecule has 0 aromatic rings. The topological polar surface area (TPSA) is 38.5 Å². The fourth-order valence-electron chi connectivity index (χ4n) is 2.53. The largest absolute Gasteiger partial charge is 0.381 e.